The van der Waals surface area contributed by atoms with Crippen LogP contribution in [0.25, 0.3) is 0 Å². The summed E-state index contributed by atoms with van der Waals surface area (Å²) in [6.45, 7) is 9.82. The largest absolute Gasteiger partial charge is 0.303 e. The Morgan fingerprint density at radius 3 is 2.10 bits per heavy atom. The smallest absolute Gasteiger partial charge is 0.243 e. The van der Waals surface area contributed by atoms with Crippen LogP contribution >= 0.6 is 0 Å². The average Bonchev–Trinajstić information content (AvgIpc) is 2.80. The third-order valence-electron chi connectivity index (χ3n) is 4.06. The maximum Gasteiger partial charge on any atom is 0.243 e. The number of aldehydes is 1. The highest BCUT2D eigenvalue weighted by atomic mass is 32.2. The van der Waals surface area contributed by atoms with E-state index < -0.39 is 10.0 Å². The zero-order valence-corrected chi connectivity index (χ0v) is 13.5. The molecule has 5 heteroatoms. The average molecular weight is 307 g/mol. The summed E-state index contributed by atoms with van der Waals surface area (Å²) in [5.41, 5.74) is 2.54. The van der Waals surface area contributed by atoms with Crippen molar-refractivity contribution in [2.75, 3.05) is 13.1 Å². The minimum atomic E-state index is -3.58. The Morgan fingerprint density at radius 2 is 1.67 bits per heavy atom. The van der Waals surface area contributed by atoms with Gasteiger partial charge in [-0.15, -0.1) is 6.58 Å². The molecule has 1 aliphatic heterocycles. The first-order valence-corrected chi connectivity index (χ1v) is 8.41. The molecule has 0 amide bonds. The van der Waals surface area contributed by atoms with Crippen LogP contribution in [0.4, 0.5) is 0 Å². The molecule has 1 fully saturated rings. The van der Waals surface area contributed by atoms with E-state index in [4.69, 9.17) is 0 Å². The lowest BCUT2D eigenvalue weighted by Crippen LogP contribution is -2.30. The third-order valence-corrected chi connectivity index (χ3v) is 6.20. The number of sulfonamides is 1. The number of nitrogens with zero attached hydrogens (tertiary/aromatic N) is 1. The van der Waals surface area contributed by atoms with Gasteiger partial charge in [0, 0.05) is 24.9 Å². The van der Waals surface area contributed by atoms with Crippen molar-refractivity contribution in [2.24, 2.45) is 11.8 Å². The van der Waals surface area contributed by atoms with E-state index in [0.717, 1.165) is 23.0 Å². The first kappa shape index (κ1) is 15.9. The van der Waals surface area contributed by atoms with Gasteiger partial charge < -0.3 is 4.79 Å². The topological polar surface area (TPSA) is 54.5 Å². The number of hydrogen-bond donors (Lipinski definition) is 0. The maximum absolute atomic E-state index is 12.9. The van der Waals surface area contributed by atoms with Crippen molar-refractivity contribution in [3.63, 3.8) is 0 Å². The van der Waals surface area contributed by atoms with E-state index in [9.17, 15) is 13.2 Å². The summed E-state index contributed by atoms with van der Waals surface area (Å²) < 4.78 is 27.2. The first-order chi connectivity index (χ1) is 9.81. The highest BCUT2D eigenvalue weighted by molar-refractivity contribution is 7.89. The number of benzene rings is 1. The molecule has 21 heavy (non-hydrogen) atoms. The van der Waals surface area contributed by atoms with Gasteiger partial charge in [0.15, 0.2) is 0 Å². The number of aryl methyl sites for hydroxylation is 3. The lowest BCUT2D eigenvalue weighted by Gasteiger charge is -2.19. The minimum absolute atomic E-state index is 0.108. The Labute approximate surface area is 126 Å². The van der Waals surface area contributed by atoms with Gasteiger partial charge in [0.1, 0.15) is 6.29 Å². The summed E-state index contributed by atoms with van der Waals surface area (Å²) in [7, 11) is -3.58. The van der Waals surface area contributed by atoms with Crippen molar-refractivity contribution >= 4 is 16.3 Å². The molecule has 0 aromatic heterocycles. The zero-order chi connectivity index (χ0) is 15.8. The lowest BCUT2D eigenvalue weighted by atomic mass is 9.98. The van der Waals surface area contributed by atoms with Crippen molar-refractivity contribution in [2.45, 2.75) is 25.7 Å². The number of carbonyl (C=O) groups is 1. The summed E-state index contributed by atoms with van der Waals surface area (Å²) in [4.78, 5) is 11.5. The molecule has 1 heterocycles. The highest BCUT2D eigenvalue weighted by Gasteiger charge is 2.38. The molecule has 4 nitrogen and oxygen atoms in total. The van der Waals surface area contributed by atoms with Gasteiger partial charge in [0.25, 0.3) is 0 Å². The van der Waals surface area contributed by atoms with Crippen LogP contribution in [-0.2, 0) is 14.8 Å². The van der Waals surface area contributed by atoms with Gasteiger partial charge in [-0.05, 0) is 31.9 Å². The summed E-state index contributed by atoms with van der Waals surface area (Å²) in [5.74, 6) is -0.410. The monoisotopic (exact) mass is 307 g/mol. The Hall–Kier alpha value is -1.46. The molecule has 1 aromatic carbocycles. The minimum Gasteiger partial charge on any atom is -0.303 e. The maximum atomic E-state index is 12.9. The van der Waals surface area contributed by atoms with Crippen molar-refractivity contribution in [1.82, 2.24) is 4.31 Å². The molecule has 2 atom stereocenters. The molecule has 0 radical (unpaired) electrons. The Morgan fingerprint density at radius 1 is 1.14 bits per heavy atom. The van der Waals surface area contributed by atoms with E-state index >= 15 is 0 Å². The van der Waals surface area contributed by atoms with Crippen molar-refractivity contribution in [3.05, 3.63) is 41.5 Å². The second kappa shape index (κ2) is 5.73. The number of hydrogen-bond acceptors (Lipinski definition) is 3. The second-order valence-corrected chi connectivity index (χ2v) is 7.62. The van der Waals surface area contributed by atoms with Gasteiger partial charge in [0.2, 0.25) is 10.0 Å². The van der Waals surface area contributed by atoms with E-state index in [-0.39, 0.29) is 18.4 Å². The molecule has 1 aromatic rings. The quantitative estimate of drug-likeness (QED) is 0.633. The summed E-state index contributed by atoms with van der Waals surface area (Å²) in [6.07, 6.45) is 2.50. The predicted octanol–water partition coefficient (Wildman–Crippen LogP) is 2.23. The van der Waals surface area contributed by atoms with Gasteiger partial charge in [-0.25, -0.2) is 8.42 Å². The van der Waals surface area contributed by atoms with Crippen molar-refractivity contribution < 1.29 is 13.2 Å². The van der Waals surface area contributed by atoms with Crippen LogP contribution < -0.4 is 0 Å². The van der Waals surface area contributed by atoms with Crippen molar-refractivity contribution in [3.8, 4) is 0 Å². The van der Waals surface area contributed by atoms with Crippen LogP contribution in [0, 0.1) is 32.6 Å². The third kappa shape index (κ3) is 2.80. The molecule has 0 aliphatic carbocycles. The number of rotatable bonds is 4. The van der Waals surface area contributed by atoms with Gasteiger partial charge >= 0.3 is 0 Å². The van der Waals surface area contributed by atoms with Gasteiger partial charge in [-0.1, -0.05) is 23.8 Å². The molecule has 0 saturated carbocycles. The Balaban J connectivity index is 2.45. The SMILES string of the molecule is C=C[C@@H]1CN(S(=O)(=O)c2c(C)cc(C)cc2C)CC1C=O. The van der Waals surface area contributed by atoms with Crippen molar-refractivity contribution in [1.29, 1.82) is 0 Å². The van der Waals surface area contributed by atoms with Crippen LogP contribution in [0.1, 0.15) is 16.7 Å². The molecule has 114 valence electrons. The summed E-state index contributed by atoms with van der Waals surface area (Å²) in [5, 5.41) is 0. The fraction of sp³-hybridized carbons (Fsp3) is 0.438. The van der Waals surface area contributed by atoms with E-state index in [2.05, 4.69) is 6.58 Å². The normalized spacial score (nSPS) is 23.2. The molecule has 0 bridgehead atoms. The first-order valence-electron chi connectivity index (χ1n) is 6.97. The second-order valence-electron chi connectivity index (χ2n) is 5.75. The van der Waals surface area contributed by atoms with Crippen LogP contribution in [0.3, 0.4) is 0 Å². The van der Waals surface area contributed by atoms with E-state index in [1.165, 1.54) is 4.31 Å². The summed E-state index contributed by atoms with van der Waals surface area (Å²) >= 11 is 0. The standard InChI is InChI=1S/C16H21NO3S/c1-5-14-8-17(9-15(14)10-18)21(19,20)16-12(3)6-11(2)7-13(16)4/h5-7,10,14-15H,1,8-9H2,2-4H3/t14-,15?/m1/s1. The molecule has 2 rings (SSSR count). The van der Waals surface area contributed by atoms with E-state index in [0.29, 0.717) is 11.4 Å². The molecular formula is C16H21NO3S. The Kier molecular flexibility index (Phi) is 4.35. The molecule has 1 unspecified atom stereocenters. The zero-order valence-electron chi connectivity index (χ0n) is 12.7. The fourth-order valence-electron chi connectivity index (χ4n) is 3.11. The fourth-order valence-corrected chi connectivity index (χ4v) is 5.03. The van der Waals surface area contributed by atoms with Crippen LogP contribution in [0.15, 0.2) is 29.7 Å². The number of carbonyl (C=O) groups excluding carboxylic acids is 1. The van der Waals surface area contributed by atoms with Crippen LogP contribution in [-0.4, -0.2) is 32.1 Å². The summed E-state index contributed by atoms with van der Waals surface area (Å²) in [6, 6.07) is 3.75. The van der Waals surface area contributed by atoms with Gasteiger partial charge in [0.05, 0.1) is 4.90 Å². The van der Waals surface area contributed by atoms with E-state index in [1.807, 2.05) is 32.9 Å². The van der Waals surface area contributed by atoms with Gasteiger partial charge in [-0.2, -0.15) is 4.31 Å². The molecule has 1 saturated heterocycles. The lowest BCUT2D eigenvalue weighted by molar-refractivity contribution is -0.111. The molecule has 0 spiro atoms. The van der Waals surface area contributed by atoms with E-state index in [1.54, 1.807) is 6.08 Å². The van der Waals surface area contributed by atoms with Crippen LogP contribution in [0.2, 0.25) is 0 Å². The molecular weight excluding hydrogens is 286 g/mol. The molecule has 0 N–H and O–H groups in total. The Bertz CT molecular complexity index is 640. The van der Waals surface area contributed by atoms with Crippen LogP contribution in [0.5, 0.6) is 0 Å². The van der Waals surface area contributed by atoms with Gasteiger partial charge in [-0.3, -0.25) is 0 Å². The highest BCUT2D eigenvalue weighted by Crippen LogP contribution is 2.31. The molecule has 1 aliphatic rings. The predicted molar refractivity (Wildman–Crippen MR) is 82.7 cm³/mol.